The number of anilines is 1. The highest BCUT2D eigenvalue weighted by atomic mass is 35.5. The summed E-state index contributed by atoms with van der Waals surface area (Å²) < 4.78 is 0. The van der Waals surface area contributed by atoms with Crippen LogP contribution in [0.1, 0.15) is 23.2 Å². The quantitative estimate of drug-likeness (QED) is 0.533. The fourth-order valence-corrected chi connectivity index (χ4v) is 4.80. The van der Waals surface area contributed by atoms with Crippen molar-refractivity contribution < 1.29 is 14.4 Å². The smallest absolute Gasteiger partial charge is 0.254 e. The monoisotopic (exact) mass is 497 g/mol. The Morgan fingerprint density at radius 1 is 0.941 bits per heavy atom. The van der Waals surface area contributed by atoms with Crippen LogP contribution in [0.4, 0.5) is 5.69 Å². The summed E-state index contributed by atoms with van der Waals surface area (Å²) >= 11 is 12.2. The van der Waals surface area contributed by atoms with Gasteiger partial charge in [-0.25, -0.2) is 0 Å². The largest absolute Gasteiger partial charge is 0.339 e. The van der Waals surface area contributed by atoms with Gasteiger partial charge in [0.1, 0.15) is 0 Å². The maximum absolute atomic E-state index is 13.2. The second-order valence-electron chi connectivity index (χ2n) is 8.43. The number of nitrogens with zero attached hydrogens (tertiary/aromatic N) is 2. The Morgan fingerprint density at radius 2 is 1.56 bits per heavy atom. The summed E-state index contributed by atoms with van der Waals surface area (Å²) in [7, 11) is 1.60. The number of halogens is 2. The summed E-state index contributed by atoms with van der Waals surface area (Å²) in [5.41, 5.74) is 1.01. The van der Waals surface area contributed by atoms with E-state index in [4.69, 9.17) is 23.2 Å². The molecule has 176 valence electrons. The van der Waals surface area contributed by atoms with Gasteiger partial charge in [-0.15, -0.1) is 0 Å². The molecule has 1 heterocycles. The molecule has 4 rings (SSSR count). The van der Waals surface area contributed by atoms with Gasteiger partial charge < -0.3 is 15.1 Å². The van der Waals surface area contributed by atoms with Gasteiger partial charge in [0.25, 0.3) is 5.91 Å². The van der Waals surface area contributed by atoms with Crippen LogP contribution in [0.3, 0.4) is 0 Å². The van der Waals surface area contributed by atoms with Crippen LogP contribution in [0.15, 0.2) is 60.7 Å². The minimum atomic E-state index is -0.380. The van der Waals surface area contributed by atoms with E-state index in [9.17, 15) is 14.4 Å². The first-order valence-electron chi connectivity index (χ1n) is 11.1. The van der Waals surface area contributed by atoms with E-state index in [0.29, 0.717) is 47.2 Å². The lowest BCUT2D eigenvalue weighted by atomic mass is 9.94. The van der Waals surface area contributed by atoms with Crippen molar-refractivity contribution in [1.82, 2.24) is 9.80 Å². The van der Waals surface area contributed by atoms with Crippen LogP contribution in [-0.2, 0) is 9.59 Å². The molecule has 1 aliphatic rings. The number of piperidine rings is 1. The zero-order valence-electron chi connectivity index (χ0n) is 18.8. The molecule has 1 fully saturated rings. The van der Waals surface area contributed by atoms with Crippen LogP contribution >= 0.6 is 23.2 Å². The zero-order valence-corrected chi connectivity index (χ0v) is 20.3. The van der Waals surface area contributed by atoms with Gasteiger partial charge in [-0.1, -0.05) is 65.7 Å². The van der Waals surface area contributed by atoms with Crippen molar-refractivity contribution in [3.63, 3.8) is 0 Å². The third kappa shape index (κ3) is 5.18. The van der Waals surface area contributed by atoms with Crippen LogP contribution in [0.2, 0.25) is 10.0 Å². The Morgan fingerprint density at radius 3 is 2.26 bits per heavy atom. The molecular weight excluding hydrogens is 473 g/mol. The highest BCUT2D eigenvalue weighted by Gasteiger charge is 2.30. The van der Waals surface area contributed by atoms with Crippen molar-refractivity contribution in [3.8, 4) is 0 Å². The van der Waals surface area contributed by atoms with Crippen LogP contribution < -0.4 is 5.32 Å². The molecule has 0 saturated carbocycles. The lowest BCUT2D eigenvalue weighted by Crippen LogP contribution is -2.45. The molecule has 0 spiro atoms. The number of likely N-dealkylation sites (N-methyl/N-ethyl adjacent to an activating group) is 1. The van der Waals surface area contributed by atoms with E-state index in [-0.39, 0.29) is 30.2 Å². The molecule has 34 heavy (non-hydrogen) atoms. The number of rotatable bonds is 5. The number of benzene rings is 3. The average Bonchev–Trinajstić information content (AvgIpc) is 2.85. The molecule has 0 bridgehead atoms. The molecule has 3 aromatic rings. The topological polar surface area (TPSA) is 69.7 Å². The number of fused-ring (bicyclic) bond motifs is 1. The summed E-state index contributed by atoms with van der Waals surface area (Å²) in [5, 5.41) is 5.29. The normalized spacial score (nSPS) is 14.1. The maximum Gasteiger partial charge on any atom is 0.254 e. The molecule has 3 amide bonds. The van der Waals surface area contributed by atoms with Gasteiger partial charge in [-0.3, -0.25) is 14.4 Å². The van der Waals surface area contributed by atoms with E-state index >= 15 is 0 Å². The third-order valence-corrected chi connectivity index (χ3v) is 6.77. The van der Waals surface area contributed by atoms with Crippen molar-refractivity contribution in [2.45, 2.75) is 12.8 Å². The number of nitrogens with one attached hydrogen (secondary N) is 1. The number of hydrogen-bond donors (Lipinski definition) is 1. The molecule has 1 N–H and O–H groups in total. The van der Waals surface area contributed by atoms with Crippen LogP contribution in [0.25, 0.3) is 10.8 Å². The minimum Gasteiger partial charge on any atom is -0.339 e. The predicted octanol–water partition coefficient (Wildman–Crippen LogP) is 5.10. The fourth-order valence-electron chi connectivity index (χ4n) is 4.31. The molecule has 0 atom stereocenters. The highest BCUT2D eigenvalue weighted by molar-refractivity contribution is 6.39. The van der Waals surface area contributed by atoms with Gasteiger partial charge in [0.2, 0.25) is 11.8 Å². The number of amides is 3. The summed E-state index contributed by atoms with van der Waals surface area (Å²) in [6, 6.07) is 18.5. The van der Waals surface area contributed by atoms with Crippen LogP contribution in [0.5, 0.6) is 0 Å². The fraction of sp³-hybridized carbons (Fsp3) is 0.269. The van der Waals surface area contributed by atoms with Gasteiger partial charge in [0.15, 0.2) is 0 Å². The Balaban J connectivity index is 1.33. The molecular formula is C26H25Cl2N3O3. The van der Waals surface area contributed by atoms with Gasteiger partial charge in [-0.2, -0.15) is 0 Å². The Hall–Kier alpha value is -3.09. The van der Waals surface area contributed by atoms with Gasteiger partial charge in [0, 0.05) is 31.6 Å². The van der Waals surface area contributed by atoms with Crippen molar-refractivity contribution in [3.05, 3.63) is 76.3 Å². The number of para-hydroxylation sites is 1. The van der Waals surface area contributed by atoms with Crippen molar-refractivity contribution >= 4 is 57.4 Å². The second-order valence-corrected chi connectivity index (χ2v) is 9.25. The molecule has 8 heteroatoms. The lowest BCUT2D eigenvalue weighted by Gasteiger charge is -2.33. The SMILES string of the molecule is CN(CC(=O)Nc1c(Cl)cccc1Cl)C(=O)C1CCN(C(=O)c2cccc3ccccc23)CC1. The third-order valence-electron chi connectivity index (χ3n) is 6.14. The standard InChI is InChI=1S/C26H25Cl2N3O3/c1-30(16-23(32)29-24-21(27)10-5-11-22(24)28)25(33)18-12-14-31(15-13-18)26(34)20-9-4-7-17-6-2-3-8-19(17)20/h2-11,18H,12-16H2,1H3,(H,29,32). The molecule has 1 aliphatic heterocycles. The first-order valence-corrected chi connectivity index (χ1v) is 11.9. The van der Waals surface area contributed by atoms with Gasteiger partial charge in [0.05, 0.1) is 22.3 Å². The molecule has 0 unspecified atom stereocenters. The lowest BCUT2D eigenvalue weighted by molar-refractivity contribution is -0.138. The van der Waals surface area contributed by atoms with E-state index in [1.807, 2.05) is 42.5 Å². The first-order chi connectivity index (χ1) is 16.3. The molecule has 0 aliphatic carbocycles. The van der Waals surface area contributed by atoms with E-state index in [1.54, 1.807) is 30.1 Å². The summed E-state index contributed by atoms with van der Waals surface area (Å²) in [6.07, 6.45) is 1.11. The summed E-state index contributed by atoms with van der Waals surface area (Å²) in [4.78, 5) is 41.7. The molecule has 3 aromatic carbocycles. The molecule has 0 aromatic heterocycles. The Labute approximate surface area is 208 Å². The Kier molecular flexibility index (Phi) is 7.39. The summed E-state index contributed by atoms with van der Waals surface area (Å²) in [6.45, 7) is 0.872. The number of likely N-dealkylation sites (tertiary alicyclic amines) is 1. The first kappa shape index (κ1) is 24.0. The van der Waals surface area contributed by atoms with E-state index in [0.717, 1.165) is 10.8 Å². The molecule has 1 saturated heterocycles. The van der Waals surface area contributed by atoms with Crippen molar-refractivity contribution in [1.29, 1.82) is 0 Å². The van der Waals surface area contributed by atoms with Crippen LogP contribution in [0, 0.1) is 5.92 Å². The van der Waals surface area contributed by atoms with Crippen molar-refractivity contribution in [2.24, 2.45) is 5.92 Å². The van der Waals surface area contributed by atoms with E-state index in [2.05, 4.69) is 5.32 Å². The van der Waals surface area contributed by atoms with Crippen LogP contribution in [-0.4, -0.2) is 54.2 Å². The number of carbonyl (C=O) groups excluding carboxylic acids is 3. The minimum absolute atomic E-state index is 0.0213. The van der Waals surface area contributed by atoms with Crippen molar-refractivity contribution in [2.75, 3.05) is 32.0 Å². The highest BCUT2D eigenvalue weighted by Crippen LogP contribution is 2.30. The number of hydrogen-bond acceptors (Lipinski definition) is 3. The second kappa shape index (κ2) is 10.5. The van der Waals surface area contributed by atoms with E-state index in [1.165, 1.54) is 4.90 Å². The maximum atomic E-state index is 13.2. The van der Waals surface area contributed by atoms with Gasteiger partial charge in [-0.05, 0) is 41.8 Å². The number of carbonyl (C=O) groups is 3. The summed E-state index contributed by atoms with van der Waals surface area (Å²) in [5.74, 6) is -0.752. The van der Waals surface area contributed by atoms with E-state index < -0.39 is 0 Å². The zero-order chi connectivity index (χ0) is 24.2. The predicted molar refractivity (Wildman–Crippen MR) is 135 cm³/mol. The van der Waals surface area contributed by atoms with Gasteiger partial charge >= 0.3 is 0 Å². The Bertz CT molecular complexity index is 1210. The molecule has 6 nitrogen and oxygen atoms in total. The average molecular weight is 498 g/mol. The molecule has 0 radical (unpaired) electrons.